The molecule has 7 heavy (non-hydrogen) atoms. The average molecular weight is 126 g/mol. The third-order valence-electron chi connectivity index (χ3n) is 0.459. The lowest BCUT2D eigenvalue weighted by atomic mass is 10.6. The van der Waals surface area contributed by atoms with Crippen LogP contribution in [-0.2, 0) is 0 Å². The maximum atomic E-state index is 11.3. The fraction of sp³-hybridized carbons (Fsp3) is 1.00. The maximum Gasteiger partial charge on any atom is 0.252 e. The molecule has 0 N–H and O–H groups in total. The zero-order valence-corrected chi connectivity index (χ0v) is 5.41. The quantitative estimate of drug-likeness (QED) is 0.498. The standard InChI is InChI=1S/C4H9F2P/c1-3(2)7-4(5)6/h3-4,7H,1-2H3. The summed E-state index contributed by atoms with van der Waals surface area (Å²) in [5.41, 5.74) is 0.153. The molecule has 0 fully saturated rings. The Balaban J connectivity index is 2.95. The summed E-state index contributed by atoms with van der Waals surface area (Å²) in [7, 11) is -0.188. The van der Waals surface area contributed by atoms with Gasteiger partial charge in [-0.3, -0.25) is 0 Å². The molecule has 0 aromatic carbocycles. The van der Waals surface area contributed by atoms with E-state index in [1.165, 1.54) is 0 Å². The molecule has 0 aromatic rings. The van der Waals surface area contributed by atoms with Gasteiger partial charge in [0.2, 0.25) is 0 Å². The van der Waals surface area contributed by atoms with E-state index in [2.05, 4.69) is 0 Å². The Morgan fingerprint density at radius 3 is 1.71 bits per heavy atom. The summed E-state index contributed by atoms with van der Waals surface area (Å²) in [4.78, 5) is 0. The van der Waals surface area contributed by atoms with E-state index in [-0.39, 0.29) is 14.2 Å². The van der Waals surface area contributed by atoms with Gasteiger partial charge in [0.15, 0.2) is 0 Å². The highest BCUT2D eigenvalue weighted by atomic mass is 31.1. The molecule has 0 spiro atoms. The smallest absolute Gasteiger partial charge is 0.206 e. The van der Waals surface area contributed by atoms with Crippen LogP contribution in [0.3, 0.4) is 0 Å². The van der Waals surface area contributed by atoms with Gasteiger partial charge in [-0.1, -0.05) is 13.8 Å². The first-order chi connectivity index (χ1) is 3.13. The molecule has 0 aliphatic carbocycles. The van der Waals surface area contributed by atoms with Crippen LogP contribution in [0.2, 0.25) is 0 Å². The van der Waals surface area contributed by atoms with Crippen molar-refractivity contribution in [3.8, 4) is 0 Å². The van der Waals surface area contributed by atoms with Gasteiger partial charge < -0.3 is 0 Å². The van der Waals surface area contributed by atoms with Gasteiger partial charge in [-0.2, -0.15) is 0 Å². The molecule has 0 aliphatic heterocycles. The molecule has 1 unspecified atom stereocenters. The van der Waals surface area contributed by atoms with Crippen molar-refractivity contribution in [1.82, 2.24) is 0 Å². The average Bonchev–Trinajstić information content (AvgIpc) is 1.27. The molecule has 0 heterocycles. The van der Waals surface area contributed by atoms with Gasteiger partial charge in [0.25, 0.3) is 6.17 Å². The molecule has 0 bridgehead atoms. The summed E-state index contributed by atoms with van der Waals surface area (Å²) in [5.74, 6) is 0. The summed E-state index contributed by atoms with van der Waals surface area (Å²) in [6.07, 6.45) is -2.10. The van der Waals surface area contributed by atoms with Gasteiger partial charge in [-0.15, -0.1) is 0 Å². The van der Waals surface area contributed by atoms with Crippen LogP contribution in [-0.4, -0.2) is 11.8 Å². The number of rotatable bonds is 2. The lowest BCUT2D eigenvalue weighted by molar-refractivity contribution is 0.247. The van der Waals surface area contributed by atoms with Gasteiger partial charge in [0.1, 0.15) is 0 Å². The van der Waals surface area contributed by atoms with E-state index in [0.717, 1.165) is 0 Å². The minimum atomic E-state index is -2.10. The first-order valence-corrected chi connectivity index (χ1v) is 3.32. The minimum absolute atomic E-state index is 0.153. The van der Waals surface area contributed by atoms with Crippen LogP contribution in [0, 0.1) is 0 Å². The predicted octanol–water partition coefficient (Wildman–Crippen LogP) is 2.30. The Kier molecular flexibility index (Phi) is 3.45. The summed E-state index contributed by atoms with van der Waals surface area (Å²) in [6.45, 7) is 3.59. The second-order valence-corrected chi connectivity index (χ2v) is 3.55. The number of hydrogen-bond donors (Lipinski definition) is 0. The van der Waals surface area contributed by atoms with E-state index >= 15 is 0 Å². The summed E-state index contributed by atoms with van der Waals surface area (Å²) in [5, 5.41) is 0. The minimum Gasteiger partial charge on any atom is -0.206 e. The van der Waals surface area contributed by atoms with Crippen molar-refractivity contribution >= 4 is 8.58 Å². The van der Waals surface area contributed by atoms with E-state index in [0.29, 0.717) is 0 Å². The Hall–Kier alpha value is 0.290. The van der Waals surface area contributed by atoms with E-state index in [1.807, 2.05) is 0 Å². The summed E-state index contributed by atoms with van der Waals surface area (Å²) >= 11 is 0. The van der Waals surface area contributed by atoms with Crippen LogP contribution in [0.25, 0.3) is 0 Å². The fourth-order valence-corrected chi connectivity index (χ4v) is 0.756. The Bertz CT molecular complexity index is 39.0. The zero-order chi connectivity index (χ0) is 5.86. The molecule has 0 saturated carbocycles. The second kappa shape index (κ2) is 3.31. The lowest BCUT2D eigenvalue weighted by Gasteiger charge is -1.99. The summed E-state index contributed by atoms with van der Waals surface area (Å²) in [6, 6.07) is 0. The van der Waals surface area contributed by atoms with Gasteiger partial charge >= 0.3 is 0 Å². The highest BCUT2D eigenvalue weighted by molar-refractivity contribution is 7.39. The third-order valence-corrected chi connectivity index (χ3v) is 1.38. The number of halogens is 2. The van der Waals surface area contributed by atoms with Gasteiger partial charge in [0, 0.05) is 0 Å². The monoisotopic (exact) mass is 126 g/mol. The number of hydrogen-bond acceptors (Lipinski definition) is 0. The molecule has 0 nitrogen and oxygen atoms in total. The van der Waals surface area contributed by atoms with E-state index in [1.54, 1.807) is 13.8 Å². The van der Waals surface area contributed by atoms with Crippen molar-refractivity contribution < 1.29 is 8.78 Å². The Morgan fingerprint density at radius 2 is 1.71 bits per heavy atom. The largest absolute Gasteiger partial charge is 0.252 e. The maximum absolute atomic E-state index is 11.3. The zero-order valence-electron chi connectivity index (χ0n) is 4.41. The van der Waals surface area contributed by atoms with E-state index in [9.17, 15) is 8.78 Å². The lowest BCUT2D eigenvalue weighted by Crippen LogP contribution is -1.87. The molecule has 0 saturated heterocycles. The van der Waals surface area contributed by atoms with Gasteiger partial charge in [-0.05, 0) is 14.2 Å². The van der Waals surface area contributed by atoms with Crippen LogP contribution < -0.4 is 0 Å². The van der Waals surface area contributed by atoms with Gasteiger partial charge in [0.05, 0.1) is 0 Å². The van der Waals surface area contributed by atoms with Crippen molar-refractivity contribution in [2.45, 2.75) is 25.7 Å². The molecule has 0 radical (unpaired) electrons. The van der Waals surface area contributed by atoms with Crippen LogP contribution in [0.1, 0.15) is 13.8 Å². The van der Waals surface area contributed by atoms with Crippen LogP contribution >= 0.6 is 8.58 Å². The molecule has 0 rings (SSSR count). The molecular weight excluding hydrogens is 117 g/mol. The molecule has 0 aromatic heterocycles. The Morgan fingerprint density at radius 1 is 1.29 bits per heavy atom. The molecule has 0 aliphatic rings. The van der Waals surface area contributed by atoms with Crippen LogP contribution in [0.5, 0.6) is 0 Å². The molecule has 0 amide bonds. The number of alkyl halides is 2. The Labute approximate surface area is 44.1 Å². The van der Waals surface area contributed by atoms with E-state index < -0.39 is 6.17 Å². The van der Waals surface area contributed by atoms with E-state index in [4.69, 9.17) is 0 Å². The highest BCUT2D eigenvalue weighted by Crippen LogP contribution is 2.26. The van der Waals surface area contributed by atoms with Crippen molar-refractivity contribution in [3.05, 3.63) is 0 Å². The van der Waals surface area contributed by atoms with Crippen LogP contribution in [0.4, 0.5) is 8.78 Å². The first-order valence-electron chi connectivity index (χ1n) is 2.17. The molecule has 3 heteroatoms. The second-order valence-electron chi connectivity index (χ2n) is 1.62. The summed E-state index contributed by atoms with van der Waals surface area (Å²) < 4.78 is 22.6. The molecule has 1 atom stereocenters. The SMILES string of the molecule is CC(C)PC(F)F. The normalized spacial score (nSPS) is 12.9. The molecule has 44 valence electrons. The molecular formula is C4H9F2P. The fourth-order valence-electron chi connectivity index (χ4n) is 0.252. The highest BCUT2D eigenvalue weighted by Gasteiger charge is 2.02. The van der Waals surface area contributed by atoms with Gasteiger partial charge in [-0.25, -0.2) is 8.78 Å². The van der Waals surface area contributed by atoms with Crippen molar-refractivity contribution in [2.24, 2.45) is 0 Å². The predicted molar refractivity (Wildman–Crippen MR) is 29.5 cm³/mol. The topological polar surface area (TPSA) is 0 Å². The van der Waals surface area contributed by atoms with Crippen molar-refractivity contribution in [3.63, 3.8) is 0 Å². The van der Waals surface area contributed by atoms with Crippen molar-refractivity contribution in [1.29, 1.82) is 0 Å². The first kappa shape index (κ1) is 7.29. The van der Waals surface area contributed by atoms with Crippen LogP contribution in [0.15, 0.2) is 0 Å². The third kappa shape index (κ3) is 6.29. The van der Waals surface area contributed by atoms with Crippen molar-refractivity contribution in [2.75, 3.05) is 0 Å².